The fourth-order valence-electron chi connectivity index (χ4n) is 0.603. The van der Waals surface area contributed by atoms with E-state index in [2.05, 4.69) is 36.9 Å². The first kappa shape index (κ1) is 16.8. The average molecular weight is 222 g/mol. The van der Waals surface area contributed by atoms with Gasteiger partial charge in [0.2, 0.25) is 5.91 Å². The van der Waals surface area contributed by atoms with E-state index in [1.54, 1.807) is 13.0 Å². The molecule has 2 N–H and O–H groups in total. The first-order valence-corrected chi connectivity index (χ1v) is 5.07. The Bertz CT molecular complexity index is 236. The molecule has 0 spiro atoms. The summed E-state index contributed by atoms with van der Waals surface area (Å²) in [5.41, 5.74) is 0.525. The Morgan fingerprint density at radius 3 is 1.81 bits per heavy atom. The number of hydrogen-bond acceptors (Lipinski definition) is 2. The summed E-state index contributed by atoms with van der Waals surface area (Å²) in [5.74, 6) is -0.116. The van der Waals surface area contributed by atoms with Crippen molar-refractivity contribution in [3.05, 3.63) is 50.1 Å². The van der Waals surface area contributed by atoms with Crippen molar-refractivity contribution in [2.24, 2.45) is 0 Å². The highest BCUT2D eigenvalue weighted by atomic mass is 16.1. The van der Waals surface area contributed by atoms with Crippen LogP contribution < -0.4 is 10.6 Å². The normalized spacial score (nSPS) is 8.06. The monoisotopic (exact) mass is 222 g/mol. The minimum atomic E-state index is -0.116. The second-order valence-corrected chi connectivity index (χ2v) is 3.01. The highest BCUT2D eigenvalue weighted by Gasteiger charge is 1.95. The Morgan fingerprint density at radius 2 is 1.50 bits per heavy atom. The van der Waals surface area contributed by atoms with Gasteiger partial charge in [-0.15, -0.1) is 19.7 Å². The highest BCUT2D eigenvalue weighted by Crippen LogP contribution is 1.83. The van der Waals surface area contributed by atoms with Crippen molar-refractivity contribution in [1.82, 2.24) is 10.6 Å². The molecule has 0 aromatic carbocycles. The van der Waals surface area contributed by atoms with Gasteiger partial charge in [0.25, 0.3) is 0 Å². The minimum absolute atomic E-state index is 0.116. The molecule has 0 unspecified atom stereocenters. The molecule has 0 atom stereocenters. The summed E-state index contributed by atoms with van der Waals surface area (Å²) in [4.78, 5) is 10.6. The lowest BCUT2D eigenvalue weighted by Gasteiger charge is -1.97. The lowest BCUT2D eigenvalue weighted by atomic mass is 10.3. The summed E-state index contributed by atoms with van der Waals surface area (Å²) in [5, 5.41) is 5.62. The van der Waals surface area contributed by atoms with E-state index in [-0.39, 0.29) is 5.91 Å². The third kappa shape index (κ3) is 14.9. The molecule has 0 heterocycles. The Morgan fingerprint density at radius 1 is 1.06 bits per heavy atom. The van der Waals surface area contributed by atoms with E-state index >= 15 is 0 Å². The van der Waals surface area contributed by atoms with Crippen LogP contribution in [0.15, 0.2) is 50.1 Å². The van der Waals surface area contributed by atoms with Gasteiger partial charge in [0.05, 0.1) is 0 Å². The van der Waals surface area contributed by atoms with Crippen LogP contribution in [-0.4, -0.2) is 25.5 Å². The number of carbonyl (C=O) groups is 1. The molecule has 3 heteroatoms. The van der Waals surface area contributed by atoms with Gasteiger partial charge in [0, 0.05) is 25.2 Å². The molecule has 1 amide bonds. The molecule has 0 aromatic rings. The van der Waals surface area contributed by atoms with E-state index in [0.29, 0.717) is 12.1 Å². The maximum absolute atomic E-state index is 10.6. The van der Waals surface area contributed by atoms with Crippen molar-refractivity contribution >= 4 is 5.91 Å². The van der Waals surface area contributed by atoms with Crippen LogP contribution in [0.1, 0.15) is 6.92 Å². The van der Waals surface area contributed by atoms with Gasteiger partial charge in [0.1, 0.15) is 0 Å². The Labute approximate surface area is 98.6 Å². The van der Waals surface area contributed by atoms with Gasteiger partial charge >= 0.3 is 0 Å². The standard InChI is InChI=1S/C7H11NO.C6H11N/c1-4-5-8-7(9)6(2)3;1-3-5-7-6-4-2/h4H,1-2,5H2,3H3,(H,8,9);3-4,7H,1-2,5-6H2. The number of nitrogens with one attached hydrogen (secondary N) is 2. The van der Waals surface area contributed by atoms with Crippen LogP contribution in [0.3, 0.4) is 0 Å². The molecule has 0 fully saturated rings. The minimum Gasteiger partial charge on any atom is -0.349 e. The molecule has 0 aromatic heterocycles. The lowest BCUT2D eigenvalue weighted by Crippen LogP contribution is -2.23. The van der Waals surface area contributed by atoms with Crippen molar-refractivity contribution < 1.29 is 4.79 Å². The average Bonchev–Trinajstić information content (AvgIpc) is 2.27. The maximum atomic E-state index is 10.6. The smallest absolute Gasteiger partial charge is 0.246 e. The zero-order valence-corrected chi connectivity index (χ0v) is 10.1. The van der Waals surface area contributed by atoms with Crippen molar-refractivity contribution in [3.8, 4) is 0 Å². The van der Waals surface area contributed by atoms with E-state index in [1.807, 2.05) is 12.2 Å². The van der Waals surface area contributed by atoms with Crippen molar-refractivity contribution in [2.75, 3.05) is 19.6 Å². The first-order chi connectivity index (χ1) is 7.59. The molecule has 16 heavy (non-hydrogen) atoms. The van der Waals surface area contributed by atoms with E-state index in [0.717, 1.165) is 13.1 Å². The Balaban J connectivity index is 0. The zero-order chi connectivity index (χ0) is 12.8. The topological polar surface area (TPSA) is 41.1 Å². The van der Waals surface area contributed by atoms with Crippen molar-refractivity contribution in [1.29, 1.82) is 0 Å². The van der Waals surface area contributed by atoms with Crippen LogP contribution in [0, 0.1) is 0 Å². The molecule has 0 aliphatic rings. The Hall–Kier alpha value is -1.61. The number of amides is 1. The third-order valence-electron chi connectivity index (χ3n) is 1.37. The first-order valence-electron chi connectivity index (χ1n) is 5.07. The number of hydrogen-bond donors (Lipinski definition) is 2. The summed E-state index contributed by atoms with van der Waals surface area (Å²) in [6.45, 7) is 17.9. The molecule has 3 nitrogen and oxygen atoms in total. The second-order valence-electron chi connectivity index (χ2n) is 3.01. The van der Waals surface area contributed by atoms with Gasteiger partial charge in [-0.1, -0.05) is 24.8 Å². The molecule has 0 saturated heterocycles. The fraction of sp³-hybridized carbons (Fsp3) is 0.308. The van der Waals surface area contributed by atoms with E-state index < -0.39 is 0 Å². The quantitative estimate of drug-likeness (QED) is 0.392. The summed E-state index contributed by atoms with van der Waals surface area (Å²) in [7, 11) is 0. The van der Waals surface area contributed by atoms with Gasteiger partial charge in [-0.05, 0) is 6.92 Å². The SMILES string of the molecule is C=CCNC(=O)C(=C)C.C=CCNCC=C. The van der Waals surface area contributed by atoms with E-state index in [1.165, 1.54) is 0 Å². The fourth-order valence-corrected chi connectivity index (χ4v) is 0.603. The number of carbonyl (C=O) groups excluding carboxylic acids is 1. The molecular weight excluding hydrogens is 200 g/mol. The molecule has 90 valence electrons. The predicted octanol–water partition coefficient (Wildman–Crippen LogP) is 1.81. The summed E-state index contributed by atoms with van der Waals surface area (Å²) in [6.07, 6.45) is 5.27. The summed E-state index contributed by atoms with van der Waals surface area (Å²) in [6, 6.07) is 0. The van der Waals surface area contributed by atoms with Crippen molar-refractivity contribution in [2.45, 2.75) is 6.92 Å². The van der Waals surface area contributed by atoms with Crippen LogP contribution in [0.2, 0.25) is 0 Å². The maximum Gasteiger partial charge on any atom is 0.246 e. The molecule has 0 aliphatic carbocycles. The van der Waals surface area contributed by atoms with Crippen LogP contribution in [0.5, 0.6) is 0 Å². The zero-order valence-electron chi connectivity index (χ0n) is 10.1. The second kappa shape index (κ2) is 13.4. The van der Waals surface area contributed by atoms with Crippen LogP contribution in [-0.2, 0) is 4.79 Å². The van der Waals surface area contributed by atoms with Crippen LogP contribution in [0.25, 0.3) is 0 Å². The number of rotatable bonds is 7. The van der Waals surface area contributed by atoms with E-state index in [4.69, 9.17) is 0 Å². The van der Waals surface area contributed by atoms with Crippen LogP contribution in [0.4, 0.5) is 0 Å². The predicted molar refractivity (Wildman–Crippen MR) is 71.3 cm³/mol. The van der Waals surface area contributed by atoms with Crippen LogP contribution >= 0.6 is 0 Å². The molecule has 0 radical (unpaired) electrons. The third-order valence-corrected chi connectivity index (χ3v) is 1.37. The van der Waals surface area contributed by atoms with Gasteiger partial charge in [-0.3, -0.25) is 4.79 Å². The lowest BCUT2D eigenvalue weighted by molar-refractivity contribution is -0.117. The molecular formula is C13H22N2O. The molecule has 0 saturated carbocycles. The molecule has 0 bridgehead atoms. The van der Waals surface area contributed by atoms with Gasteiger partial charge in [-0.25, -0.2) is 0 Å². The highest BCUT2D eigenvalue weighted by molar-refractivity contribution is 5.92. The summed E-state index contributed by atoms with van der Waals surface area (Å²) >= 11 is 0. The Kier molecular flexibility index (Phi) is 14.1. The summed E-state index contributed by atoms with van der Waals surface area (Å²) < 4.78 is 0. The van der Waals surface area contributed by atoms with Gasteiger partial charge in [0.15, 0.2) is 0 Å². The molecule has 0 aliphatic heterocycles. The largest absolute Gasteiger partial charge is 0.349 e. The van der Waals surface area contributed by atoms with Crippen molar-refractivity contribution in [3.63, 3.8) is 0 Å². The van der Waals surface area contributed by atoms with Gasteiger partial charge < -0.3 is 10.6 Å². The van der Waals surface area contributed by atoms with Gasteiger partial charge in [-0.2, -0.15) is 0 Å². The molecule has 0 rings (SSSR count). The van der Waals surface area contributed by atoms with E-state index in [9.17, 15) is 4.79 Å².